The second-order valence-corrected chi connectivity index (χ2v) is 5.53. The molecule has 5 rings (SSSR count). The van der Waals surface area contributed by atoms with Crippen molar-refractivity contribution < 1.29 is 4.74 Å². The molecule has 3 heterocycles. The summed E-state index contributed by atoms with van der Waals surface area (Å²) in [5.74, 6) is 0.784. The normalized spacial score (nSPS) is 55.5. The van der Waals surface area contributed by atoms with Crippen LogP contribution < -0.4 is 5.32 Å². The molecule has 0 aromatic heterocycles. The third-order valence-electron chi connectivity index (χ3n) is 5.21. The average Bonchev–Trinajstić information content (AvgIpc) is 2.73. The highest BCUT2D eigenvalue weighted by Crippen LogP contribution is 2.62. The molecule has 5 aliphatic rings. The Hall–Kier alpha value is -0.600. The lowest BCUT2D eigenvalue weighted by molar-refractivity contribution is -0.0203. The highest BCUT2D eigenvalue weighted by atomic mass is 16.5. The van der Waals surface area contributed by atoms with E-state index in [-0.39, 0.29) is 5.41 Å². The smallest absolute Gasteiger partial charge is 0.0582 e. The van der Waals surface area contributed by atoms with Crippen molar-refractivity contribution >= 4 is 0 Å². The average molecular weight is 203 g/mol. The topological polar surface area (TPSA) is 21.3 Å². The number of rotatable bonds is 0. The van der Waals surface area contributed by atoms with E-state index in [1.807, 2.05) is 0 Å². The van der Waals surface area contributed by atoms with Gasteiger partial charge in [-0.05, 0) is 25.3 Å². The first-order valence-corrected chi connectivity index (χ1v) is 6.06. The van der Waals surface area contributed by atoms with E-state index in [0.29, 0.717) is 11.5 Å². The summed E-state index contributed by atoms with van der Waals surface area (Å²) in [5.41, 5.74) is 0.610. The Balaban J connectivity index is 1.94. The summed E-state index contributed by atoms with van der Waals surface area (Å²) < 4.78 is 5.86. The summed E-state index contributed by atoms with van der Waals surface area (Å²) in [6.07, 6.45) is 12.0. The van der Waals surface area contributed by atoms with Crippen molar-refractivity contribution in [2.24, 2.45) is 16.7 Å². The standard InChI is InChI=1S/C13H17NO/c1-2-6-13-9-15-8-12(13,5-1)10-3-4-11(13)14-7-10/h1-2,5-6,10-11,14H,3-4,7-9H2/t10-,11-,12-,13+/m1/s1. The van der Waals surface area contributed by atoms with Crippen LogP contribution in [0.25, 0.3) is 0 Å². The van der Waals surface area contributed by atoms with E-state index in [0.717, 1.165) is 19.1 Å². The zero-order valence-corrected chi connectivity index (χ0v) is 8.91. The zero-order valence-electron chi connectivity index (χ0n) is 8.91. The fourth-order valence-corrected chi connectivity index (χ4v) is 4.43. The van der Waals surface area contributed by atoms with Crippen LogP contribution in [0, 0.1) is 16.7 Å². The number of nitrogens with one attached hydrogen (secondary N) is 1. The third kappa shape index (κ3) is 0.775. The van der Waals surface area contributed by atoms with Crippen LogP contribution >= 0.6 is 0 Å². The molecule has 15 heavy (non-hydrogen) atoms. The van der Waals surface area contributed by atoms with E-state index in [1.165, 1.54) is 19.4 Å². The summed E-state index contributed by atoms with van der Waals surface area (Å²) >= 11 is 0. The third-order valence-corrected chi connectivity index (χ3v) is 5.21. The molecule has 0 amide bonds. The van der Waals surface area contributed by atoms with E-state index < -0.39 is 0 Å². The van der Waals surface area contributed by atoms with Crippen LogP contribution in [0.2, 0.25) is 0 Å². The Morgan fingerprint density at radius 2 is 1.87 bits per heavy atom. The molecule has 80 valence electrons. The van der Waals surface area contributed by atoms with Gasteiger partial charge in [-0.3, -0.25) is 0 Å². The van der Waals surface area contributed by atoms with Crippen molar-refractivity contribution in [3.05, 3.63) is 24.3 Å². The molecular weight excluding hydrogens is 186 g/mol. The van der Waals surface area contributed by atoms with Gasteiger partial charge in [-0.15, -0.1) is 0 Å². The van der Waals surface area contributed by atoms with Gasteiger partial charge >= 0.3 is 0 Å². The molecule has 0 spiro atoms. The maximum atomic E-state index is 5.86. The van der Waals surface area contributed by atoms with E-state index in [9.17, 15) is 0 Å². The minimum Gasteiger partial charge on any atom is -0.379 e. The molecule has 4 fully saturated rings. The maximum absolute atomic E-state index is 5.86. The van der Waals surface area contributed by atoms with Gasteiger partial charge in [0.25, 0.3) is 0 Å². The van der Waals surface area contributed by atoms with Gasteiger partial charge in [0, 0.05) is 16.9 Å². The lowest BCUT2D eigenvalue weighted by Gasteiger charge is -2.59. The zero-order chi connectivity index (χ0) is 9.93. The quantitative estimate of drug-likeness (QED) is 0.644. The number of allylic oxidation sites excluding steroid dienone is 2. The summed E-state index contributed by atoms with van der Waals surface area (Å²) in [6, 6.07) is 0.645. The predicted molar refractivity (Wildman–Crippen MR) is 58.5 cm³/mol. The molecule has 2 heteroatoms. The molecule has 2 bridgehead atoms. The lowest BCUT2D eigenvalue weighted by Crippen LogP contribution is -2.66. The van der Waals surface area contributed by atoms with E-state index in [1.54, 1.807) is 0 Å². The minimum atomic E-state index is 0.281. The second-order valence-electron chi connectivity index (χ2n) is 5.53. The summed E-state index contributed by atoms with van der Waals surface area (Å²) in [4.78, 5) is 0. The van der Waals surface area contributed by atoms with Crippen molar-refractivity contribution in [2.75, 3.05) is 19.8 Å². The monoisotopic (exact) mass is 203 g/mol. The molecule has 1 N–H and O–H groups in total. The number of fused-ring (bicyclic) bond motifs is 2. The second kappa shape index (κ2) is 2.55. The number of hydrogen-bond donors (Lipinski definition) is 1. The van der Waals surface area contributed by atoms with Gasteiger partial charge in [-0.2, -0.15) is 0 Å². The number of hydrogen-bond acceptors (Lipinski definition) is 2. The Labute approximate surface area is 90.4 Å². The van der Waals surface area contributed by atoms with Gasteiger partial charge in [0.1, 0.15) is 0 Å². The van der Waals surface area contributed by atoms with Crippen LogP contribution in [0.15, 0.2) is 24.3 Å². The summed E-state index contributed by atoms with van der Waals surface area (Å²) in [7, 11) is 0. The summed E-state index contributed by atoms with van der Waals surface area (Å²) in [6.45, 7) is 3.05. The molecule has 3 aliphatic heterocycles. The van der Waals surface area contributed by atoms with Gasteiger partial charge in [0.05, 0.1) is 13.2 Å². The highest BCUT2D eigenvalue weighted by molar-refractivity contribution is 5.34. The Morgan fingerprint density at radius 3 is 2.60 bits per heavy atom. The van der Waals surface area contributed by atoms with E-state index >= 15 is 0 Å². The van der Waals surface area contributed by atoms with Gasteiger partial charge in [-0.1, -0.05) is 24.3 Å². The van der Waals surface area contributed by atoms with Crippen molar-refractivity contribution in [1.29, 1.82) is 0 Å². The highest BCUT2D eigenvalue weighted by Gasteiger charge is 2.65. The molecule has 0 radical (unpaired) electrons. The van der Waals surface area contributed by atoms with Crippen LogP contribution in [-0.2, 0) is 4.74 Å². The maximum Gasteiger partial charge on any atom is 0.0582 e. The molecule has 3 saturated heterocycles. The Bertz CT molecular complexity index is 320. The van der Waals surface area contributed by atoms with E-state index in [2.05, 4.69) is 29.6 Å². The van der Waals surface area contributed by atoms with Gasteiger partial charge in [0.15, 0.2) is 0 Å². The molecule has 0 unspecified atom stereocenters. The van der Waals surface area contributed by atoms with E-state index in [4.69, 9.17) is 4.74 Å². The van der Waals surface area contributed by atoms with Gasteiger partial charge in [-0.25, -0.2) is 0 Å². The fourth-order valence-electron chi connectivity index (χ4n) is 4.43. The molecule has 4 atom stereocenters. The molecular formula is C13H17NO. The molecule has 2 nitrogen and oxygen atoms in total. The van der Waals surface area contributed by atoms with Crippen LogP contribution in [0.4, 0.5) is 0 Å². The van der Waals surface area contributed by atoms with Crippen molar-refractivity contribution in [1.82, 2.24) is 5.32 Å². The Morgan fingerprint density at radius 1 is 1.07 bits per heavy atom. The Kier molecular flexibility index (Phi) is 1.45. The van der Waals surface area contributed by atoms with Gasteiger partial charge < -0.3 is 10.1 Å². The molecule has 2 aliphatic carbocycles. The minimum absolute atomic E-state index is 0.281. The first kappa shape index (κ1) is 8.54. The van der Waals surface area contributed by atoms with Crippen LogP contribution in [0.1, 0.15) is 12.8 Å². The number of piperidine rings is 2. The van der Waals surface area contributed by atoms with Gasteiger partial charge in [0.2, 0.25) is 0 Å². The van der Waals surface area contributed by atoms with Crippen LogP contribution in [-0.4, -0.2) is 25.8 Å². The predicted octanol–water partition coefficient (Wildman–Crippen LogP) is 1.50. The lowest BCUT2D eigenvalue weighted by atomic mass is 9.48. The summed E-state index contributed by atoms with van der Waals surface area (Å²) in [5, 5.41) is 3.71. The number of ether oxygens (including phenoxy) is 1. The van der Waals surface area contributed by atoms with Crippen molar-refractivity contribution in [2.45, 2.75) is 18.9 Å². The molecule has 0 aromatic rings. The first-order chi connectivity index (χ1) is 7.37. The fraction of sp³-hybridized carbons (Fsp3) is 0.692. The first-order valence-electron chi connectivity index (χ1n) is 6.06. The van der Waals surface area contributed by atoms with Crippen molar-refractivity contribution in [3.8, 4) is 0 Å². The van der Waals surface area contributed by atoms with Crippen molar-refractivity contribution in [3.63, 3.8) is 0 Å². The molecule has 1 saturated carbocycles. The van der Waals surface area contributed by atoms with Crippen LogP contribution in [0.5, 0.6) is 0 Å². The largest absolute Gasteiger partial charge is 0.379 e. The SMILES string of the molecule is C1=C[C@@]23COC[C@]2(C=C1)[C@@H]1CC[C@H]3NC1. The molecule has 0 aromatic carbocycles. The van der Waals surface area contributed by atoms with Crippen LogP contribution in [0.3, 0.4) is 0 Å².